The van der Waals surface area contributed by atoms with Gasteiger partial charge in [0.1, 0.15) is 42.3 Å². The Balaban J connectivity index is 1.41. The number of aliphatic hydroxyl groups excluding tert-OH is 1. The van der Waals surface area contributed by atoms with E-state index in [1.54, 1.807) is 0 Å². The summed E-state index contributed by atoms with van der Waals surface area (Å²) in [6, 6.07) is 1.78. The molecule has 0 bridgehead atoms. The second-order valence-corrected chi connectivity index (χ2v) is 11.2. The molecule has 19 nitrogen and oxygen atoms in total. The minimum Gasteiger partial charge on any atom is -0.388 e. The first-order valence-electron chi connectivity index (χ1n) is 11.2. The van der Waals surface area contributed by atoms with Crippen LogP contribution in [0.4, 0.5) is 11.6 Å². The van der Waals surface area contributed by atoms with Crippen molar-refractivity contribution in [3.8, 4) is 0 Å². The third-order valence-corrected chi connectivity index (χ3v) is 7.38. The first kappa shape index (κ1) is 29.4. The van der Waals surface area contributed by atoms with E-state index in [1.807, 2.05) is 0 Å². The molecule has 2 aromatic rings. The molecule has 2 fully saturated rings. The summed E-state index contributed by atoms with van der Waals surface area (Å²) in [6.45, 7) is -1.54. The molecule has 4 heterocycles. The predicted molar refractivity (Wildman–Crippen MR) is 128 cm³/mol. The molecule has 2 aliphatic rings. The Kier molecular flexibility index (Phi) is 8.70. The van der Waals surface area contributed by atoms with Crippen molar-refractivity contribution in [1.29, 1.82) is 0 Å². The molecule has 21 heteroatoms. The van der Waals surface area contributed by atoms with E-state index in [1.165, 1.54) is 24.5 Å². The lowest BCUT2D eigenvalue weighted by Crippen LogP contribution is -2.36. The zero-order valence-corrected chi connectivity index (χ0v) is 21.7. The number of hydrogen-bond donors (Lipinski definition) is 6. The van der Waals surface area contributed by atoms with Gasteiger partial charge >= 0.3 is 27.0 Å². The van der Waals surface area contributed by atoms with Gasteiger partial charge in [0.15, 0.2) is 0 Å². The maximum Gasteiger partial charge on any atom is 0.472 e. The SMILES string of the molecule is Nc1ccn(C2C[C@@H](OP(=O)(O)OC[C@H]3OC[C@H](n4ccc(N)nc4=O)[C@H]3O)[C@@H](COP(=O)(O)O)O2)c(=O)n1. The van der Waals surface area contributed by atoms with E-state index in [9.17, 15) is 28.7 Å². The van der Waals surface area contributed by atoms with Crippen molar-refractivity contribution >= 4 is 27.3 Å². The lowest BCUT2D eigenvalue weighted by molar-refractivity contribution is -0.0482. The van der Waals surface area contributed by atoms with Crippen molar-refractivity contribution in [3.63, 3.8) is 0 Å². The van der Waals surface area contributed by atoms with Crippen molar-refractivity contribution in [3.05, 3.63) is 45.5 Å². The van der Waals surface area contributed by atoms with Gasteiger partial charge in [0, 0.05) is 18.8 Å². The van der Waals surface area contributed by atoms with Crippen LogP contribution in [0.15, 0.2) is 34.1 Å². The Morgan fingerprint density at radius 2 is 1.56 bits per heavy atom. The summed E-state index contributed by atoms with van der Waals surface area (Å²) in [5.74, 6) is -0.0733. The fourth-order valence-corrected chi connectivity index (χ4v) is 5.36. The molecule has 8 N–H and O–H groups in total. The monoisotopic (exact) mass is 596 g/mol. The largest absolute Gasteiger partial charge is 0.472 e. The van der Waals surface area contributed by atoms with Gasteiger partial charge in [-0.1, -0.05) is 0 Å². The number of nitrogen functional groups attached to an aromatic ring is 2. The van der Waals surface area contributed by atoms with E-state index in [0.717, 1.165) is 9.13 Å². The zero-order valence-electron chi connectivity index (χ0n) is 19.9. The Morgan fingerprint density at radius 3 is 2.15 bits per heavy atom. The molecule has 0 aliphatic carbocycles. The van der Waals surface area contributed by atoms with Crippen LogP contribution in [0.5, 0.6) is 0 Å². The molecular formula is C18H26N6O13P2. The van der Waals surface area contributed by atoms with Crippen molar-refractivity contribution in [1.82, 2.24) is 19.1 Å². The molecular weight excluding hydrogens is 570 g/mol. The molecule has 4 rings (SSSR count). The van der Waals surface area contributed by atoms with E-state index in [2.05, 4.69) is 14.5 Å². The van der Waals surface area contributed by atoms with Crippen LogP contribution in [0.2, 0.25) is 0 Å². The quantitative estimate of drug-likeness (QED) is 0.160. The van der Waals surface area contributed by atoms with Crippen molar-refractivity contribution < 1.29 is 52.0 Å². The lowest BCUT2D eigenvalue weighted by Gasteiger charge is -2.23. The standard InChI is InChI=1S/C18H26N6O13P2/c19-13-1-3-23(17(26)21-13)9-6-33-12(16(9)25)8-35-39(31,32)37-10-5-15(24-4-2-14(20)22-18(24)27)36-11(10)7-34-38(28,29)30/h1-4,9-12,15-16,25H,5-8H2,(H,31,32)(H2,19,21,26)(H2,20,22,27)(H2,28,29,30)/t9-,10+,11+,12+,15?,16+/m0/s1. The minimum absolute atomic E-state index is 0.0110. The topological polar surface area (TPSA) is 283 Å². The maximum absolute atomic E-state index is 12.7. The highest BCUT2D eigenvalue weighted by atomic mass is 31.2. The molecule has 0 spiro atoms. The fraction of sp³-hybridized carbons (Fsp3) is 0.556. The van der Waals surface area contributed by atoms with Crippen LogP contribution < -0.4 is 22.8 Å². The smallest absolute Gasteiger partial charge is 0.388 e. The third kappa shape index (κ3) is 7.36. The minimum atomic E-state index is -4.95. The number of nitrogens with two attached hydrogens (primary N) is 2. The van der Waals surface area contributed by atoms with Gasteiger partial charge in [-0.25, -0.2) is 18.7 Å². The predicted octanol–water partition coefficient (Wildman–Crippen LogP) is -2.14. The first-order chi connectivity index (χ1) is 18.2. The molecule has 2 aliphatic heterocycles. The summed E-state index contributed by atoms with van der Waals surface area (Å²) >= 11 is 0. The van der Waals surface area contributed by atoms with Crippen LogP contribution in [-0.2, 0) is 32.2 Å². The van der Waals surface area contributed by atoms with Crippen LogP contribution in [0, 0.1) is 0 Å². The molecule has 0 radical (unpaired) electrons. The van der Waals surface area contributed by atoms with Gasteiger partial charge in [-0.05, 0) is 12.1 Å². The average molecular weight is 596 g/mol. The van der Waals surface area contributed by atoms with E-state index in [-0.39, 0.29) is 24.7 Å². The summed E-state index contributed by atoms with van der Waals surface area (Å²) < 4.78 is 51.6. The molecule has 7 atom stereocenters. The summed E-state index contributed by atoms with van der Waals surface area (Å²) in [5.41, 5.74) is 9.40. The van der Waals surface area contributed by atoms with Gasteiger partial charge in [0.05, 0.1) is 25.9 Å². The highest BCUT2D eigenvalue weighted by molar-refractivity contribution is 7.47. The van der Waals surface area contributed by atoms with E-state index < -0.39 is 76.9 Å². The van der Waals surface area contributed by atoms with Crippen molar-refractivity contribution in [2.75, 3.05) is 31.3 Å². The fourth-order valence-electron chi connectivity index (χ4n) is 4.05. The zero-order chi connectivity index (χ0) is 28.5. The molecule has 2 saturated heterocycles. The van der Waals surface area contributed by atoms with Gasteiger partial charge < -0.3 is 40.7 Å². The first-order valence-corrected chi connectivity index (χ1v) is 14.3. The number of aromatic nitrogens is 4. The Hall–Kier alpha value is -2.54. The van der Waals surface area contributed by atoms with Gasteiger partial charge in [0.25, 0.3) is 0 Å². The molecule has 2 unspecified atom stereocenters. The van der Waals surface area contributed by atoms with Crippen LogP contribution in [0.25, 0.3) is 0 Å². The Labute approximate surface area is 218 Å². The van der Waals surface area contributed by atoms with Gasteiger partial charge in [-0.3, -0.25) is 22.7 Å². The highest BCUT2D eigenvalue weighted by Crippen LogP contribution is 2.49. The number of hydrogen-bond acceptors (Lipinski definition) is 14. The molecule has 0 saturated carbocycles. The van der Waals surface area contributed by atoms with Gasteiger partial charge in [-0.2, -0.15) is 9.97 Å². The third-order valence-electron chi connectivity index (χ3n) is 5.88. The summed E-state index contributed by atoms with van der Waals surface area (Å²) in [5, 5.41) is 10.6. The van der Waals surface area contributed by atoms with E-state index in [4.69, 9.17) is 39.8 Å². The molecule has 216 valence electrons. The number of anilines is 2. The second kappa shape index (κ2) is 11.5. The van der Waals surface area contributed by atoms with Crippen LogP contribution in [0.1, 0.15) is 18.7 Å². The normalized spacial score (nSPS) is 28.9. The second-order valence-electron chi connectivity index (χ2n) is 8.57. The maximum atomic E-state index is 12.7. The Bertz CT molecular complexity index is 1400. The lowest BCUT2D eigenvalue weighted by atomic mass is 10.1. The number of nitrogens with zero attached hydrogens (tertiary/aromatic N) is 4. The Morgan fingerprint density at radius 1 is 0.974 bits per heavy atom. The number of phosphoric ester groups is 2. The number of phosphoric acid groups is 2. The number of aliphatic hydroxyl groups is 1. The van der Waals surface area contributed by atoms with Gasteiger partial charge in [0.2, 0.25) is 0 Å². The molecule has 0 aromatic carbocycles. The number of ether oxygens (including phenoxy) is 2. The average Bonchev–Trinajstić information content (AvgIpc) is 3.38. The van der Waals surface area contributed by atoms with E-state index >= 15 is 0 Å². The van der Waals surface area contributed by atoms with Crippen LogP contribution >= 0.6 is 15.6 Å². The summed E-state index contributed by atoms with van der Waals surface area (Å²) in [4.78, 5) is 59.8. The number of rotatable bonds is 10. The van der Waals surface area contributed by atoms with Crippen LogP contribution in [-0.4, -0.2) is 83.1 Å². The summed E-state index contributed by atoms with van der Waals surface area (Å²) in [7, 11) is -9.86. The molecule has 2 aromatic heterocycles. The molecule has 39 heavy (non-hydrogen) atoms. The van der Waals surface area contributed by atoms with Gasteiger partial charge in [-0.15, -0.1) is 0 Å². The summed E-state index contributed by atoms with van der Waals surface area (Å²) in [6.07, 6.45) is -3.91. The van der Waals surface area contributed by atoms with Crippen LogP contribution in [0.3, 0.4) is 0 Å². The van der Waals surface area contributed by atoms with E-state index in [0.29, 0.717) is 0 Å². The molecule has 0 amide bonds. The highest BCUT2D eigenvalue weighted by Gasteiger charge is 2.44. The van der Waals surface area contributed by atoms with Crippen molar-refractivity contribution in [2.24, 2.45) is 0 Å². The van der Waals surface area contributed by atoms with Crippen molar-refractivity contribution in [2.45, 2.75) is 43.1 Å².